The lowest BCUT2D eigenvalue weighted by Crippen LogP contribution is -2.58. The summed E-state index contributed by atoms with van der Waals surface area (Å²) in [5.74, 6) is 1.80. The fourth-order valence-corrected chi connectivity index (χ4v) is 13.7. The first kappa shape index (κ1) is 38.4. The number of nitrogen functional groups attached to an aromatic ring is 1. The van der Waals surface area contributed by atoms with Crippen molar-refractivity contribution in [2.45, 2.75) is 75.6 Å². The van der Waals surface area contributed by atoms with Crippen LogP contribution < -0.4 is 15.2 Å². The Morgan fingerprint density at radius 1 is 0.792 bits per heavy atom. The van der Waals surface area contributed by atoms with E-state index in [9.17, 15) is 0 Å². The molecule has 0 unspecified atom stereocenters. The maximum Gasteiger partial charge on any atom is 0.200 e. The van der Waals surface area contributed by atoms with E-state index in [0.717, 1.165) is 28.2 Å². The van der Waals surface area contributed by atoms with Crippen molar-refractivity contribution < 1.29 is 28.1 Å². The number of hydrogen-bond acceptors (Lipinski definition) is 10. The predicted molar refractivity (Wildman–Crippen MR) is 209 cm³/mol. The number of anilines is 1. The molecule has 0 aliphatic carbocycles. The van der Waals surface area contributed by atoms with E-state index in [1.54, 1.807) is 20.5 Å². The van der Waals surface area contributed by atoms with Crippen LogP contribution in [0.1, 0.15) is 64.5 Å². The van der Waals surface area contributed by atoms with Crippen LogP contribution in [0.25, 0.3) is 11.2 Å². The molecule has 6 rings (SSSR count). The van der Waals surface area contributed by atoms with Gasteiger partial charge in [0.25, 0.3) is 0 Å². The fraction of sp³-hybridized carbons (Fsp3) is 0.439. The second-order valence-corrected chi connectivity index (χ2v) is 20.2. The van der Waals surface area contributed by atoms with Crippen molar-refractivity contribution >= 4 is 25.3 Å². The highest BCUT2D eigenvalue weighted by atomic mass is 28.4. The molecule has 5 aromatic rings. The average molecular weight is 740 g/mol. The van der Waals surface area contributed by atoms with E-state index < -0.39 is 25.7 Å². The van der Waals surface area contributed by atoms with Crippen molar-refractivity contribution in [3.63, 3.8) is 0 Å². The summed E-state index contributed by atoms with van der Waals surface area (Å²) < 4.78 is 41.5. The lowest BCUT2D eigenvalue weighted by Gasteiger charge is -2.48. The van der Waals surface area contributed by atoms with Crippen LogP contribution >= 0.6 is 0 Å². The van der Waals surface area contributed by atoms with Crippen molar-refractivity contribution in [3.05, 3.63) is 108 Å². The number of methoxy groups -OCH3 is 2. The minimum absolute atomic E-state index is 0.124. The molecular weight excluding hydrogens is 687 g/mol. The third kappa shape index (κ3) is 7.30. The van der Waals surface area contributed by atoms with Gasteiger partial charge in [-0.1, -0.05) is 96.1 Å². The summed E-state index contributed by atoms with van der Waals surface area (Å²) in [5, 5.41) is 0. The Hall–Kier alpha value is -4.33. The number of nitrogens with zero attached hydrogens (tertiary/aromatic N) is 4. The van der Waals surface area contributed by atoms with Crippen LogP contribution in [0.2, 0.25) is 16.6 Å². The van der Waals surface area contributed by atoms with Crippen LogP contribution in [0, 0.1) is 0 Å². The smallest absolute Gasteiger partial charge is 0.200 e. The molecule has 12 heteroatoms. The maximum absolute atomic E-state index is 7.48. The van der Waals surface area contributed by atoms with Crippen molar-refractivity contribution in [1.82, 2.24) is 19.5 Å². The van der Waals surface area contributed by atoms with E-state index in [-0.39, 0.29) is 26.4 Å². The van der Waals surface area contributed by atoms with Gasteiger partial charge in [0.1, 0.15) is 34.5 Å². The molecule has 1 saturated heterocycles. The van der Waals surface area contributed by atoms with Crippen LogP contribution in [0.15, 0.2) is 91.5 Å². The van der Waals surface area contributed by atoms with Gasteiger partial charge in [-0.05, 0) is 57.6 Å². The highest BCUT2D eigenvalue weighted by Crippen LogP contribution is 2.46. The third-order valence-corrected chi connectivity index (χ3v) is 16.8. The quantitative estimate of drug-likeness (QED) is 0.0837. The molecule has 0 radical (unpaired) electrons. The molecule has 0 bridgehead atoms. The molecule has 1 fully saturated rings. The molecule has 1 aliphatic heterocycles. The molecular formula is C41H53N5O6Si. The number of imidazole rings is 1. The van der Waals surface area contributed by atoms with Crippen LogP contribution in [0.3, 0.4) is 0 Å². The summed E-state index contributed by atoms with van der Waals surface area (Å²) in [4.78, 5) is 13.2. The van der Waals surface area contributed by atoms with Crippen molar-refractivity contribution in [3.8, 4) is 11.5 Å². The molecule has 0 saturated carbocycles. The number of rotatable bonds is 15. The monoisotopic (exact) mass is 739 g/mol. The first-order valence-electron chi connectivity index (χ1n) is 18.3. The number of hydrogen-bond donors (Lipinski definition) is 1. The zero-order valence-corrected chi connectivity index (χ0v) is 33.1. The molecule has 3 aromatic carbocycles. The van der Waals surface area contributed by atoms with E-state index in [1.165, 1.54) is 6.33 Å². The second-order valence-electron chi connectivity index (χ2n) is 14.8. The summed E-state index contributed by atoms with van der Waals surface area (Å²) >= 11 is 0. The molecule has 0 spiro atoms. The van der Waals surface area contributed by atoms with Crippen LogP contribution in [0.5, 0.6) is 11.5 Å². The fourth-order valence-electron chi connectivity index (χ4n) is 8.18. The lowest BCUT2D eigenvalue weighted by atomic mass is 9.79. The van der Waals surface area contributed by atoms with Crippen LogP contribution in [0.4, 0.5) is 5.82 Å². The van der Waals surface area contributed by atoms with E-state index in [0.29, 0.717) is 33.6 Å². The van der Waals surface area contributed by atoms with Gasteiger partial charge >= 0.3 is 0 Å². The Balaban J connectivity index is 1.49. The van der Waals surface area contributed by atoms with Crippen molar-refractivity contribution in [2.24, 2.45) is 0 Å². The summed E-state index contributed by atoms with van der Waals surface area (Å²) in [6.45, 7) is 14.6. The zero-order chi connectivity index (χ0) is 37.8. The first-order valence-corrected chi connectivity index (χ1v) is 20.4. The highest BCUT2D eigenvalue weighted by Gasteiger charge is 2.50. The van der Waals surface area contributed by atoms with Gasteiger partial charge in [0.2, 0.25) is 0 Å². The summed E-state index contributed by atoms with van der Waals surface area (Å²) in [6, 6.07) is 26.3. The number of aromatic nitrogens is 4. The highest BCUT2D eigenvalue weighted by molar-refractivity contribution is 6.77. The van der Waals surface area contributed by atoms with Gasteiger partial charge in [-0.2, -0.15) is 0 Å². The van der Waals surface area contributed by atoms with Crippen LogP contribution in [-0.4, -0.2) is 74.1 Å². The standard InChI is InChI=1S/C41H53N5O6Si/c1-28(2)53(29(3)4,30(5)6)51-25-40(23-49-22-36(52-40)46-27-45-37-38(42)43-26-44-39(37)46)24-50-41(31-12-10-9-11-13-31,32-14-18-34(47-7)19-15-32)33-16-20-35(48-8)21-17-33/h9-21,26-30,36H,22-25H2,1-8H3,(H2,42,43,44)/t36-,40+/m1/s1. The summed E-state index contributed by atoms with van der Waals surface area (Å²) in [7, 11) is 0.970. The van der Waals surface area contributed by atoms with Gasteiger partial charge in [-0.3, -0.25) is 4.57 Å². The van der Waals surface area contributed by atoms with Crippen LogP contribution in [-0.2, 0) is 24.2 Å². The maximum atomic E-state index is 7.48. The van der Waals surface area contributed by atoms with E-state index in [2.05, 4.69) is 92.9 Å². The Morgan fingerprint density at radius 3 is 1.91 bits per heavy atom. The van der Waals surface area contributed by atoms with E-state index in [1.807, 2.05) is 47.0 Å². The van der Waals surface area contributed by atoms with Gasteiger partial charge in [-0.15, -0.1) is 0 Å². The Bertz CT molecular complexity index is 1870. The third-order valence-electron chi connectivity index (χ3n) is 10.7. The molecule has 11 nitrogen and oxygen atoms in total. The SMILES string of the molecule is COc1ccc(C(OC[C@]2(CO[Si](C(C)C)(C(C)C)C(C)C)COC[C@H](n3cnc4c(N)ncnc43)O2)(c2ccccc2)c2ccc(OC)cc2)cc1. The van der Waals surface area contributed by atoms with Gasteiger partial charge in [0, 0.05) is 0 Å². The minimum Gasteiger partial charge on any atom is -0.497 e. The number of ether oxygens (including phenoxy) is 5. The molecule has 1 aliphatic rings. The molecule has 3 heterocycles. The molecule has 53 heavy (non-hydrogen) atoms. The largest absolute Gasteiger partial charge is 0.497 e. The molecule has 0 amide bonds. The van der Waals surface area contributed by atoms with Gasteiger partial charge in [-0.25, -0.2) is 15.0 Å². The molecule has 2 atom stereocenters. The number of nitrogens with two attached hydrogens (primary N) is 1. The Morgan fingerprint density at radius 2 is 1.36 bits per heavy atom. The minimum atomic E-state index is -2.36. The topological polar surface area (TPSA) is 125 Å². The summed E-state index contributed by atoms with van der Waals surface area (Å²) in [6.07, 6.45) is 2.53. The molecule has 2 N–H and O–H groups in total. The molecule has 2 aromatic heterocycles. The second kappa shape index (κ2) is 16.0. The predicted octanol–water partition coefficient (Wildman–Crippen LogP) is 7.91. The lowest BCUT2D eigenvalue weighted by molar-refractivity contribution is -0.258. The van der Waals surface area contributed by atoms with Gasteiger partial charge in [0.05, 0.1) is 47.0 Å². The molecule has 282 valence electrons. The average Bonchev–Trinajstić information content (AvgIpc) is 3.62. The Labute approximate surface area is 313 Å². The van der Waals surface area contributed by atoms with Crippen molar-refractivity contribution in [2.75, 3.05) is 46.4 Å². The van der Waals surface area contributed by atoms with Gasteiger partial charge < -0.3 is 33.8 Å². The first-order chi connectivity index (χ1) is 25.5. The van der Waals surface area contributed by atoms with Gasteiger partial charge in [0.15, 0.2) is 26.0 Å². The van der Waals surface area contributed by atoms with E-state index >= 15 is 0 Å². The Kier molecular flexibility index (Phi) is 11.6. The zero-order valence-electron chi connectivity index (χ0n) is 32.1. The number of benzene rings is 3. The van der Waals surface area contributed by atoms with Crippen molar-refractivity contribution in [1.29, 1.82) is 0 Å². The normalized spacial score (nSPS) is 18.3. The summed E-state index contributed by atoms with van der Waals surface area (Å²) in [5.41, 5.74) is 9.01. The number of fused-ring (bicyclic) bond motifs is 1. The van der Waals surface area contributed by atoms with E-state index in [4.69, 9.17) is 33.8 Å².